The van der Waals surface area contributed by atoms with Gasteiger partial charge in [0.1, 0.15) is 0 Å². The average Bonchev–Trinajstić information content (AvgIpc) is 2.81. The van der Waals surface area contributed by atoms with E-state index in [0.717, 1.165) is 6.07 Å². The van der Waals surface area contributed by atoms with Gasteiger partial charge in [-0.25, -0.2) is 0 Å². The molecule has 1 fully saturated rings. The van der Waals surface area contributed by atoms with Crippen molar-refractivity contribution >= 4 is 23.6 Å². The topological polar surface area (TPSA) is 70.7 Å². The molecule has 0 radical (unpaired) electrons. The standard InChI is InChI=1S/C23H24F3N3O3/c1-27-22(31)17-5-2-16(3-6-17)4-9-21(30)28-15-18-7-8-19(14-20(18)23(24,25)26)29-10-12-32-13-11-29/h2-9,14H,10-13,15H2,1H3,(H,27,31)(H,28,30)/b9-4+. The Morgan fingerprint density at radius 2 is 1.78 bits per heavy atom. The van der Waals surface area contributed by atoms with Crippen LogP contribution in [0.2, 0.25) is 0 Å². The van der Waals surface area contributed by atoms with Crippen LogP contribution in [0.5, 0.6) is 0 Å². The monoisotopic (exact) mass is 447 g/mol. The SMILES string of the molecule is CNC(=O)c1ccc(/C=C/C(=O)NCc2ccc(N3CCOCC3)cc2C(F)(F)F)cc1. The van der Waals surface area contributed by atoms with Crippen molar-refractivity contribution in [1.29, 1.82) is 0 Å². The van der Waals surface area contributed by atoms with Crippen LogP contribution in [-0.4, -0.2) is 45.2 Å². The number of rotatable bonds is 6. The van der Waals surface area contributed by atoms with Crippen LogP contribution >= 0.6 is 0 Å². The first-order valence-electron chi connectivity index (χ1n) is 10.1. The molecule has 9 heteroatoms. The molecule has 1 aliphatic rings. The van der Waals surface area contributed by atoms with E-state index >= 15 is 0 Å². The summed E-state index contributed by atoms with van der Waals surface area (Å²) in [5, 5.41) is 5.01. The zero-order valence-electron chi connectivity index (χ0n) is 17.5. The summed E-state index contributed by atoms with van der Waals surface area (Å²) < 4.78 is 46.1. The van der Waals surface area contributed by atoms with Gasteiger partial charge in [-0.15, -0.1) is 0 Å². The molecule has 2 aromatic rings. The Morgan fingerprint density at radius 3 is 2.41 bits per heavy atom. The molecular weight excluding hydrogens is 423 g/mol. The van der Waals surface area contributed by atoms with Crippen molar-refractivity contribution < 1.29 is 27.5 Å². The van der Waals surface area contributed by atoms with Crippen LogP contribution in [0, 0.1) is 0 Å². The summed E-state index contributed by atoms with van der Waals surface area (Å²) in [6.07, 6.45) is -1.77. The number of hydrogen-bond acceptors (Lipinski definition) is 4. The molecule has 0 aromatic heterocycles. The van der Waals surface area contributed by atoms with E-state index in [0.29, 0.717) is 43.1 Å². The van der Waals surface area contributed by atoms with Crippen molar-refractivity contribution in [2.45, 2.75) is 12.7 Å². The number of carbonyl (C=O) groups is 2. The molecule has 2 amide bonds. The van der Waals surface area contributed by atoms with Gasteiger partial charge in [0.2, 0.25) is 5.91 Å². The fourth-order valence-corrected chi connectivity index (χ4v) is 3.30. The van der Waals surface area contributed by atoms with E-state index in [4.69, 9.17) is 4.74 Å². The highest BCUT2D eigenvalue weighted by atomic mass is 19.4. The number of ether oxygens (including phenoxy) is 1. The van der Waals surface area contributed by atoms with Crippen molar-refractivity contribution in [2.24, 2.45) is 0 Å². The number of anilines is 1. The Balaban J connectivity index is 1.65. The Kier molecular flexibility index (Phi) is 7.53. The summed E-state index contributed by atoms with van der Waals surface area (Å²) in [7, 11) is 1.53. The van der Waals surface area contributed by atoms with E-state index in [9.17, 15) is 22.8 Å². The zero-order valence-corrected chi connectivity index (χ0v) is 17.5. The van der Waals surface area contributed by atoms with Gasteiger partial charge in [0.05, 0.1) is 18.8 Å². The van der Waals surface area contributed by atoms with Crippen molar-refractivity contribution in [2.75, 3.05) is 38.3 Å². The van der Waals surface area contributed by atoms with Gasteiger partial charge in [0, 0.05) is 44.0 Å². The lowest BCUT2D eigenvalue weighted by Crippen LogP contribution is -2.36. The minimum Gasteiger partial charge on any atom is -0.378 e. The predicted octanol–water partition coefficient (Wildman–Crippen LogP) is 3.23. The molecular formula is C23H24F3N3O3. The Hall–Kier alpha value is -3.33. The number of halogens is 3. The quantitative estimate of drug-likeness (QED) is 0.668. The smallest absolute Gasteiger partial charge is 0.378 e. The maximum absolute atomic E-state index is 13.6. The molecule has 0 spiro atoms. The maximum Gasteiger partial charge on any atom is 0.416 e. The third-order valence-corrected chi connectivity index (χ3v) is 5.06. The van der Waals surface area contributed by atoms with Crippen molar-refractivity contribution in [1.82, 2.24) is 10.6 Å². The summed E-state index contributed by atoms with van der Waals surface area (Å²) in [4.78, 5) is 25.5. The van der Waals surface area contributed by atoms with Gasteiger partial charge in [-0.1, -0.05) is 18.2 Å². The van der Waals surface area contributed by atoms with Crippen LogP contribution in [0.4, 0.5) is 18.9 Å². The van der Waals surface area contributed by atoms with Crippen LogP contribution in [-0.2, 0) is 22.3 Å². The number of alkyl halides is 3. The van der Waals surface area contributed by atoms with Gasteiger partial charge in [-0.2, -0.15) is 13.2 Å². The molecule has 2 N–H and O–H groups in total. The van der Waals surface area contributed by atoms with Crippen LogP contribution in [0.15, 0.2) is 48.5 Å². The minimum atomic E-state index is -4.54. The van der Waals surface area contributed by atoms with Crippen molar-refractivity contribution in [3.8, 4) is 0 Å². The van der Waals surface area contributed by atoms with E-state index in [-0.39, 0.29) is 18.0 Å². The Morgan fingerprint density at radius 1 is 1.09 bits per heavy atom. The summed E-state index contributed by atoms with van der Waals surface area (Å²) in [5.74, 6) is -0.746. The van der Waals surface area contributed by atoms with Crippen LogP contribution in [0.25, 0.3) is 6.08 Å². The van der Waals surface area contributed by atoms with Crippen LogP contribution < -0.4 is 15.5 Å². The normalized spacial score (nSPS) is 14.4. The number of carbonyl (C=O) groups excluding carboxylic acids is 2. The highest BCUT2D eigenvalue weighted by Crippen LogP contribution is 2.35. The number of benzene rings is 2. The highest BCUT2D eigenvalue weighted by Gasteiger charge is 2.34. The molecule has 1 saturated heterocycles. The second kappa shape index (κ2) is 10.3. The molecule has 0 atom stereocenters. The predicted molar refractivity (Wildman–Crippen MR) is 115 cm³/mol. The lowest BCUT2D eigenvalue weighted by Gasteiger charge is -2.29. The summed E-state index contributed by atoms with van der Waals surface area (Å²) in [6.45, 7) is 1.75. The fraction of sp³-hybridized carbons (Fsp3) is 0.304. The number of morpholine rings is 1. The molecule has 1 aliphatic heterocycles. The van der Waals surface area contributed by atoms with Gasteiger partial charge < -0.3 is 20.3 Å². The van der Waals surface area contributed by atoms with Gasteiger partial charge in [0.15, 0.2) is 0 Å². The highest BCUT2D eigenvalue weighted by molar-refractivity contribution is 5.94. The molecule has 32 heavy (non-hydrogen) atoms. The van der Waals surface area contributed by atoms with Gasteiger partial charge in [-0.05, 0) is 41.5 Å². The second-order valence-electron chi connectivity index (χ2n) is 7.19. The molecule has 0 saturated carbocycles. The molecule has 0 bridgehead atoms. The second-order valence-corrected chi connectivity index (χ2v) is 7.19. The first kappa shape index (κ1) is 23.3. The molecule has 3 rings (SSSR count). The van der Waals surface area contributed by atoms with E-state index in [1.54, 1.807) is 30.3 Å². The maximum atomic E-state index is 13.6. The first-order valence-corrected chi connectivity index (χ1v) is 10.1. The summed E-state index contributed by atoms with van der Waals surface area (Å²) >= 11 is 0. The molecule has 170 valence electrons. The molecule has 6 nitrogen and oxygen atoms in total. The summed E-state index contributed by atoms with van der Waals surface area (Å²) in [5.41, 5.74) is 0.866. The third-order valence-electron chi connectivity index (χ3n) is 5.06. The van der Waals surface area contributed by atoms with E-state index in [1.165, 1.54) is 25.3 Å². The number of nitrogens with zero attached hydrogens (tertiary/aromatic N) is 1. The lowest BCUT2D eigenvalue weighted by molar-refractivity contribution is -0.138. The average molecular weight is 447 g/mol. The molecule has 1 heterocycles. The van der Waals surface area contributed by atoms with Gasteiger partial charge in [-0.3, -0.25) is 9.59 Å². The number of hydrogen-bond donors (Lipinski definition) is 2. The summed E-state index contributed by atoms with van der Waals surface area (Å²) in [6, 6.07) is 10.7. The largest absolute Gasteiger partial charge is 0.416 e. The minimum absolute atomic E-state index is 0.00816. The fourth-order valence-electron chi connectivity index (χ4n) is 3.30. The van der Waals surface area contributed by atoms with E-state index in [2.05, 4.69) is 10.6 Å². The molecule has 2 aromatic carbocycles. The number of nitrogens with one attached hydrogen (secondary N) is 2. The Bertz CT molecular complexity index is 982. The molecule has 0 aliphatic carbocycles. The van der Waals surface area contributed by atoms with E-state index < -0.39 is 17.6 Å². The van der Waals surface area contributed by atoms with Crippen LogP contribution in [0.1, 0.15) is 27.0 Å². The van der Waals surface area contributed by atoms with Gasteiger partial charge >= 0.3 is 6.18 Å². The first-order chi connectivity index (χ1) is 15.3. The third kappa shape index (κ3) is 6.10. The van der Waals surface area contributed by atoms with E-state index in [1.807, 2.05) is 4.90 Å². The van der Waals surface area contributed by atoms with Gasteiger partial charge in [0.25, 0.3) is 5.91 Å². The molecule has 0 unspecified atom stereocenters. The zero-order chi connectivity index (χ0) is 23.1. The van der Waals surface area contributed by atoms with Crippen LogP contribution in [0.3, 0.4) is 0 Å². The number of amides is 2. The van der Waals surface area contributed by atoms with Crippen molar-refractivity contribution in [3.63, 3.8) is 0 Å². The van der Waals surface area contributed by atoms with Crippen molar-refractivity contribution in [3.05, 3.63) is 70.8 Å². The lowest BCUT2D eigenvalue weighted by atomic mass is 10.0. The Labute approximate surface area is 184 Å².